The monoisotopic (exact) mass is 198 g/mol. The molecule has 4 heteroatoms. The van der Waals surface area contributed by atoms with Crippen molar-refractivity contribution < 1.29 is 14.6 Å². The summed E-state index contributed by atoms with van der Waals surface area (Å²) in [6.45, 7) is 0.132. The minimum atomic E-state index is -0.935. The van der Waals surface area contributed by atoms with Crippen LogP contribution in [-0.2, 0) is 9.53 Å². The zero-order valence-corrected chi connectivity index (χ0v) is 8.00. The van der Waals surface area contributed by atoms with Gasteiger partial charge in [0.15, 0.2) is 0 Å². The molecule has 0 radical (unpaired) electrons. The summed E-state index contributed by atoms with van der Waals surface area (Å²) >= 11 is 1.50. The van der Waals surface area contributed by atoms with Gasteiger partial charge in [-0.2, -0.15) is 0 Å². The Morgan fingerprint density at radius 1 is 1.77 bits per heavy atom. The molecule has 0 saturated heterocycles. The average Bonchev–Trinajstić information content (AvgIpc) is 2.56. The van der Waals surface area contributed by atoms with Crippen LogP contribution in [0.3, 0.4) is 0 Å². The topological polar surface area (TPSA) is 46.5 Å². The maximum atomic E-state index is 10.7. The van der Waals surface area contributed by atoms with Crippen LogP contribution in [0.1, 0.15) is 4.88 Å². The van der Waals surface area contributed by atoms with Crippen LogP contribution in [0, 0.1) is 0 Å². The van der Waals surface area contributed by atoms with Gasteiger partial charge in [0.2, 0.25) is 0 Å². The second kappa shape index (κ2) is 4.79. The fourth-order valence-electron chi connectivity index (χ4n) is 0.866. The van der Waals surface area contributed by atoms with Crippen LogP contribution in [0.5, 0.6) is 0 Å². The van der Waals surface area contributed by atoms with E-state index >= 15 is 0 Å². The van der Waals surface area contributed by atoms with Crippen LogP contribution in [-0.4, -0.2) is 24.8 Å². The first-order valence-electron chi connectivity index (χ1n) is 3.70. The van der Waals surface area contributed by atoms with E-state index in [-0.39, 0.29) is 12.2 Å². The Hall–Kier alpha value is -1.13. The molecule has 0 fully saturated rings. The predicted octanol–water partition coefficient (Wildman–Crippen LogP) is 1.86. The summed E-state index contributed by atoms with van der Waals surface area (Å²) in [6.07, 6.45) is 1.62. The minimum Gasteiger partial charge on any atom is -0.478 e. The standard InChI is InChI=1S/C9H10O3S/c1-12-6-7(9(10)11)5-8-3-2-4-13-8/h2-5H,6H2,1H3,(H,10,11)/b7-5+. The van der Waals surface area contributed by atoms with Gasteiger partial charge in [0.25, 0.3) is 0 Å². The Morgan fingerprint density at radius 3 is 3.00 bits per heavy atom. The summed E-state index contributed by atoms with van der Waals surface area (Å²) in [5, 5.41) is 10.7. The summed E-state index contributed by atoms with van der Waals surface area (Å²) in [7, 11) is 1.48. The van der Waals surface area contributed by atoms with Crippen molar-refractivity contribution in [2.75, 3.05) is 13.7 Å². The van der Waals surface area contributed by atoms with E-state index in [1.165, 1.54) is 18.4 Å². The van der Waals surface area contributed by atoms with Gasteiger partial charge in [-0.1, -0.05) is 6.07 Å². The maximum absolute atomic E-state index is 10.7. The molecule has 0 aromatic carbocycles. The maximum Gasteiger partial charge on any atom is 0.333 e. The van der Waals surface area contributed by atoms with E-state index in [1.807, 2.05) is 17.5 Å². The average molecular weight is 198 g/mol. The molecule has 13 heavy (non-hydrogen) atoms. The molecule has 0 bridgehead atoms. The highest BCUT2D eigenvalue weighted by atomic mass is 32.1. The number of hydrogen-bond donors (Lipinski definition) is 1. The number of thiophene rings is 1. The Kier molecular flexibility index (Phi) is 3.67. The number of ether oxygens (including phenoxy) is 1. The fourth-order valence-corrected chi connectivity index (χ4v) is 1.55. The molecule has 3 nitrogen and oxygen atoms in total. The lowest BCUT2D eigenvalue weighted by Crippen LogP contribution is -2.05. The lowest BCUT2D eigenvalue weighted by molar-refractivity contribution is -0.133. The second-order valence-corrected chi connectivity index (χ2v) is 3.40. The Morgan fingerprint density at radius 2 is 2.54 bits per heavy atom. The normalized spacial score (nSPS) is 11.6. The minimum absolute atomic E-state index is 0.132. The predicted molar refractivity (Wildman–Crippen MR) is 51.8 cm³/mol. The first kappa shape index (κ1) is 9.95. The third-order valence-electron chi connectivity index (χ3n) is 1.43. The van der Waals surface area contributed by atoms with Crippen molar-refractivity contribution in [3.63, 3.8) is 0 Å². The highest BCUT2D eigenvalue weighted by Crippen LogP contribution is 2.13. The molecule has 0 amide bonds. The number of methoxy groups -OCH3 is 1. The van der Waals surface area contributed by atoms with Crippen molar-refractivity contribution in [1.82, 2.24) is 0 Å². The van der Waals surface area contributed by atoms with Crippen molar-refractivity contribution in [1.29, 1.82) is 0 Å². The zero-order valence-electron chi connectivity index (χ0n) is 7.19. The smallest absolute Gasteiger partial charge is 0.333 e. The van der Waals surface area contributed by atoms with Crippen molar-refractivity contribution in [3.8, 4) is 0 Å². The fraction of sp³-hybridized carbons (Fsp3) is 0.222. The van der Waals surface area contributed by atoms with Gasteiger partial charge in [-0.05, 0) is 17.5 Å². The van der Waals surface area contributed by atoms with Crippen molar-refractivity contribution >= 4 is 23.4 Å². The first-order chi connectivity index (χ1) is 6.24. The molecule has 0 aliphatic rings. The number of carboxylic acid groups (broad SMARTS) is 1. The lowest BCUT2D eigenvalue weighted by atomic mass is 10.2. The van der Waals surface area contributed by atoms with Crippen LogP contribution in [0.2, 0.25) is 0 Å². The molecule has 1 rings (SSSR count). The Bertz CT molecular complexity index is 301. The number of rotatable bonds is 4. The summed E-state index contributed by atoms with van der Waals surface area (Å²) in [6, 6.07) is 3.74. The molecule has 1 aromatic rings. The van der Waals surface area contributed by atoms with Crippen LogP contribution >= 0.6 is 11.3 Å². The Labute approximate surface area is 80.3 Å². The summed E-state index contributed by atoms with van der Waals surface area (Å²) < 4.78 is 4.77. The number of carboxylic acids is 1. The van der Waals surface area contributed by atoms with E-state index in [0.29, 0.717) is 0 Å². The molecular formula is C9H10O3S. The van der Waals surface area contributed by atoms with Crippen molar-refractivity contribution in [2.45, 2.75) is 0 Å². The van der Waals surface area contributed by atoms with E-state index in [1.54, 1.807) is 6.08 Å². The van der Waals surface area contributed by atoms with Crippen molar-refractivity contribution in [2.24, 2.45) is 0 Å². The van der Waals surface area contributed by atoms with Crippen molar-refractivity contribution in [3.05, 3.63) is 28.0 Å². The van der Waals surface area contributed by atoms with E-state index in [0.717, 1.165) is 4.88 Å². The van der Waals surface area contributed by atoms with E-state index in [9.17, 15) is 4.79 Å². The molecule has 1 aromatic heterocycles. The van der Waals surface area contributed by atoms with Gasteiger partial charge in [0.05, 0.1) is 12.2 Å². The molecule has 0 unspecified atom stereocenters. The summed E-state index contributed by atoms with van der Waals surface area (Å²) in [5.74, 6) is -0.935. The van der Waals surface area contributed by atoms with E-state index in [2.05, 4.69) is 0 Å². The van der Waals surface area contributed by atoms with Crippen LogP contribution in [0.15, 0.2) is 23.1 Å². The number of aliphatic carboxylic acids is 1. The molecule has 1 N–H and O–H groups in total. The molecule has 0 atom stereocenters. The third kappa shape index (κ3) is 3.01. The van der Waals surface area contributed by atoms with Crippen LogP contribution in [0.25, 0.3) is 6.08 Å². The van der Waals surface area contributed by atoms with Crippen LogP contribution < -0.4 is 0 Å². The Balaban J connectivity index is 2.80. The molecule has 0 saturated carbocycles. The lowest BCUT2D eigenvalue weighted by Gasteiger charge is -1.98. The van der Waals surface area contributed by atoms with Gasteiger partial charge in [0, 0.05) is 12.0 Å². The van der Waals surface area contributed by atoms with Crippen LogP contribution in [0.4, 0.5) is 0 Å². The molecule has 0 aliphatic carbocycles. The zero-order chi connectivity index (χ0) is 9.68. The molecule has 0 aliphatic heterocycles. The molecule has 1 heterocycles. The highest BCUT2D eigenvalue weighted by Gasteiger charge is 2.06. The largest absolute Gasteiger partial charge is 0.478 e. The number of carbonyl (C=O) groups is 1. The third-order valence-corrected chi connectivity index (χ3v) is 2.25. The van der Waals surface area contributed by atoms with Gasteiger partial charge in [0.1, 0.15) is 0 Å². The summed E-state index contributed by atoms with van der Waals surface area (Å²) in [4.78, 5) is 11.6. The summed E-state index contributed by atoms with van der Waals surface area (Å²) in [5.41, 5.74) is 0.268. The van der Waals surface area contributed by atoms with Gasteiger partial charge >= 0.3 is 5.97 Å². The second-order valence-electron chi connectivity index (χ2n) is 2.42. The molecule has 0 spiro atoms. The number of hydrogen-bond acceptors (Lipinski definition) is 3. The SMILES string of the molecule is COC/C(=C\c1cccs1)C(=O)O. The van der Waals surface area contributed by atoms with E-state index < -0.39 is 5.97 Å². The quantitative estimate of drug-likeness (QED) is 0.751. The van der Waals surface area contributed by atoms with Gasteiger partial charge < -0.3 is 9.84 Å². The van der Waals surface area contributed by atoms with Gasteiger partial charge in [-0.3, -0.25) is 0 Å². The highest BCUT2D eigenvalue weighted by molar-refractivity contribution is 7.10. The molecule has 70 valence electrons. The van der Waals surface area contributed by atoms with Gasteiger partial charge in [-0.25, -0.2) is 4.79 Å². The van der Waals surface area contributed by atoms with E-state index in [4.69, 9.17) is 9.84 Å². The van der Waals surface area contributed by atoms with Gasteiger partial charge in [-0.15, -0.1) is 11.3 Å². The first-order valence-corrected chi connectivity index (χ1v) is 4.58. The molecular weight excluding hydrogens is 188 g/mol.